The summed E-state index contributed by atoms with van der Waals surface area (Å²) in [6, 6.07) is 0. The van der Waals surface area contributed by atoms with Crippen LogP contribution in [0.5, 0.6) is 0 Å². The third-order valence-corrected chi connectivity index (χ3v) is 11.5. The molecule has 2 heteroatoms. The molecule has 0 aliphatic heterocycles. The molecule has 0 aromatic carbocycles. The first-order valence-electron chi connectivity index (χ1n) is 13.4. The molecule has 0 aromatic rings. The highest BCUT2D eigenvalue weighted by Gasteiger charge is 2.63. The molecular formula is C30H48O2. The van der Waals surface area contributed by atoms with Crippen LogP contribution < -0.4 is 0 Å². The summed E-state index contributed by atoms with van der Waals surface area (Å²) in [6.07, 6.45) is 13.7. The van der Waals surface area contributed by atoms with Crippen LogP contribution in [-0.4, -0.2) is 17.5 Å². The van der Waals surface area contributed by atoms with Crippen LogP contribution in [0.25, 0.3) is 0 Å². The summed E-state index contributed by atoms with van der Waals surface area (Å²) < 4.78 is 0. The van der Waals surface area contributed by atoms with E-state index in [-0.39, 0.29) is 21.7 Å². The van der Waals surface area contributed by atoms with Crippen molar-refractivity contribution in [3.63, 3.8) is 0 Å². The number of ketones is 1. The highest BCUT2D eigenvalue weighted by Crippen LogP contribution is 2.72. The molecule has 2 fully saturated rings. The van der Waals surface area contributed by atoms with Gasteiger partial charge in [-0.1, -0.05) is 57.4 Å². The fourth-order valence-electron chi connectivity index (χ4n) is 9.29. The Morgan fingerprint density at radius 3 is 2.38 bits per heavy atom. The highest BCUT2D eigenvalue weighted by atomic mass is 16.3. The Labute approximate surface area is 197 Å². The van der Waals surface area contributed by atoms with E-state index in [0.717, 1.165) is 25.7 Å². The quantitative estimate of drug-likeness (QED) is 0.445. The number of Topliss-reactive ketones (excluding diaryl/α,β-unsaturated/α-hetero) is 1. The molecule has 0 saturated heterocycles. The minimum atomic E-state index is -0.182. The Balaban J connectivity index is 1.67. The highest BCUT2D eigenvalue weighted by molar-refractivity contribution is 5.85. The Morgan fingerprint density at radius 1 is 1.00 bits per heavy atom. The fraction of sp³-hybridized carbons (Fsp3) is 0.833. The minimum Gasteiger partial charge on any atom is -0.396 e. The van der Waals surface area contributed by atoms with Crippen molar-refractivity contribution in [3.05, 3.63) is 22.8 Å². The lowest BCUT2D eigenvalue weighted by atomic mass is 9.43. The second-order valence-corrected chi connectivity index (χ2v) is 13.3. The average molecular weight is 441 g/mol. The van der Waals surface area contributed by atoms with Crippen molar-refractivity contribution in [1.82, 2.24) is 0 Å². The van der Waals surface area contributed by atoms with E-state index < -0.39 is 0 Å². The van der Waals surface area contributed by atoms with Gasteiger partial charge in [0, 0.05) is 18.4 Å². The predicted octanol–water partition coefficient (Wildman–Crippen LogP) is 7.66. The second-order valence-electron chi connectivity index (χ2n) is 13.3. The number of aliphatic hydroxyl groups is 1. The summed E-state index contributed by atoms with van der Waals surface area (Å²) in [6.45, 7) is 16.8. The molecule has 4 rings (SSSR count). The molecule has 0 aromatic heterocycles. The first-order chi connectivity index (χ1) is 14.9. The number of carbonyl (C=O) groups is 1. The van der Waals surface area contributed by atoms with Gasteiger partial charge >= 0.3 is 0 Å². The first-order valence-corrected chi connectivity index (χ1v) is 13.4. The minimum absolute atomic E-state index is 0.182. The number of carbonyl (C=O) groups excluding carboxylic acids is 1. The Kier molecular flexibility index (Phi) is 6.14. The van der Waals surface area contributed by atoms with Crippen molar-refractivity contribution >= 4 is 5.78 Å². The number of fused-ring (bicyclic) bond motifs is 4. The maximum Gasteiger partial charge on any atom is 0.138 e. The van der Waals surface area contributed by atoms with Gasteiger partial charge in [0.1, 0.15) is 5.78 Å². The molecule has 0 spiro atoms. The molecule has 2 saturated carbocycles. The van der Waals surface area contributed by atoms with Gasteiger partial charge in [0.2, 0.25) is 0 Å². The zero-order chi connectivity index (χ0) is 23.5. The van der Waals surface area contributed by atoms with E-state index in [0.29, 0.717) is 30.1 Å². The van der Waals surface area contributed by atoms with Gasteiger partial charge in [-0.25, -0.2) is 0 Å². The van der Waals surface area contributed by atoms with Gasteiger partial charge in [0.25, 0.3) is 0 Å². The van der Waals surface area contributed by atoms with E-state index in [1.165, 1.54) is 44.1 Å². The Morgan fingerprint density at radius 2 is 1.72 bits per heavy atom. The van der Waals surface area contributed by atoms with E-state index in [9.17, 15) is 9.90 Å². The molecule has 2 unspecified atom stereocenters. The molecule has 0 radical (unpaired) electrons. The van der Waals surface area contributed by atoms with Crippen LogP contribution in [0.1, 0.15) is 113 Å². The fourth-order valence-corrected chi connectivity index (χ4v) is 9.29. The number of allylic oxidation sites excluding steroid dienone is 4. The molecule has 6 atom stereocenters. The summed E-state index contributed by atoms with van der Waals surface area (Å²) in [7, 11) is 0. The molecule has 1 N–H and O–H groups in total. The van der Waals surface area contributed by atoms with E-state index in [2.05, 4.69) is 54.5 Å². The third-order valence-electron chi connectivity index (χ3n) is 11.5. The number of hydrogen-bond acceptors (Lipinski definition) is 2. The molecule has 180 valence electrons. The number of hydrogen-bond donors (Lipinski definition) is 1. The van der Waals surface area contributed by atoms with Gasteiger partial charge in [0.15, 0.2) is 0 Å². The monoisotopic (exact) mass is 440 g/mol. The van der Waals surface area contributed by atoms with Crippen LogP contribution in [0.15, 0.2) is 22.8 Å². The molecule has 0 heterocycles. The molecule has 4 aliphatic carbocycles. The largest absolute Gasteiger partial charge is 0.396 e. The summed E-state index contributed by atoms with van der Waals surface area (Å²) in [4.78, 5) is 12.8. The van der Waals surface area contributed by atoms with Gasteiger partial charge in [-0.3, -0.25) is 4.79 Å². The summed E-state index contributed by atoms with van der Waals surface area (Å²) in [5.41, 5.74) is 5.47. The molecule has 0 amide bonds. The predicted molar refractivity (Wildman–Crippen MR) is 133 cm³/mol. The summed E-state index contributed by atoms with van der Waals surface area (Å²) in [5.74, 6) is 2.01. The first kappa shape index (κ1) is 24.2. The van der Waals surface area contributed by atoms with Gasteiger partial charge in [-0.2, -0.15) is 0 Å². The van der Waals surface area contributed by atoms with E-state index >= 15 is 0 Å². The molecule has 32 heavy (non-hydrogen) atoms. The van der Waals surface area contributed by atoms with Gasteiger partial charge in [0.05, 0.1) is 0 Å². The van der Waals surface area contributed by atoms with Crippen LogP contribution in [0, 0.1) is 39.4 Å². The number of aliphatic hydroxyl groups excluding tert-OH is 1. The van der Waals surface area contributed by atoms with Crippen molar-refractivity contribution < 1.29 is 9.90 Å². The van der Waals surface area contributed by atoms with Crippen molar-refractivity contribution in [2.45, 2.75) is 113 Å². The lowest BCUT2D eigenvalue weighted by molar-refractivity contribution is -0.139. The maximum absolute atomic E-state index is 12.8. The standard InChI is InChI=1S/C30H48O2/c1-20(2)9-8-10-21(19-31)22-13-17-30(7)24-11-12-25-27(3,4)26(32)15-16-28(25,5)23(24)14-18-29(22,30)6/h9,21-22,25,31H,8,10-19H2,1-7H3/t21?,22-,25?,28-,29-,30+/m1/s1. The van der Waals surface area contributed by atoms with Crippen molar-refractivity contribution in [1.29, 1.82) is 0 Å². The van der Waals surface area contributed by atoms with Crippen LogP contribution in [0.4, 0.5) is 0 Å². The molecular weight excluding hydrogens is 392 g/mol. The van der Waals surface area contributed by atoms with Gasteiger partial charge in [-0.15, -0.1) is 0 Å². The van der Waals surface area contributed by atoms with Crippen LogP contribution in [0.3, 0.4) is 0 Å². The topological polar surface area (TPSA) is 37.3 Å². The van der Waals surface area contributed by atoms with Crippen molar-refractivity contribution in [2.24, 2.45) is 39.4 Å². The average Bonchev–Trinajstić information content (AvgIpc) is 3.00. The van der Waals surface area contributed by atoms with Crippen LogP contribution >= 0.6 is 0 Å². The van der Waals surface area contributed by atoms with Crippen molar-refractivity contribution in [2.75, 3.05) is 6.61 Å². The molecule has 0 bridgehead atoms. The van der Waals surface area contributed by atoms with E-state index in [4.69, 9.17) is 0 Å². The normalized spacial score (nSPS) is 41.6. The summed E-state index contributed by atoms with van der Waals surface area (Å²) >= 11 is 0. The molecule has 2 nitrogen and oxygen atoms in total. The number of rotatable bonds is 5. The van der Waals surface area contributed by atoms with Crippen LogP contribution in [-0.2, 0) is 4.79 Å². The molecule has 4 aliphatic rings. The maximum atomic E-state index is 12.8. The zero-order valence-corrected chi connectivity index (χ0v) is 21.9. The zero-order valence-electron chi connectivity index (χ0n) is 21.9. The lowest BCUT2D eigenvalue weighted by Crippen LogP contribution is -2.54. The Hall–Kier alpha value is -0.890. The Bertz CT molecular complexity index is 828. The van der Waals surface area contributed by atoms with Gasteiger partial charge < -0.3 is 5.11 Å². The van der Waals surface area contributed by atoms with Crippen LogP contribution in [0.2, 0.25) is 0 Å². The summed E-state index contributed by atoms with van der Waals surface area (Å²) in [5, 5.41) is 10.4. The van der Waals surface area contributed by atoms with E-state index in [1.54, 1.807) is 11.1 Å². The third kappa shape index (κ3) is 3.33. The SMILES string of the molecule is CC(C)=CCCC(CO)[C@H]1CC[C@@]2(C)C3=C(CC[C@]12C)[C@@]1(C)CCC(=O)C(C)(C)C1CC3. The van der Waals surface area contributed by atoms with Crippen molar-refractivity contribution in [3.8, 4) is 0 Å². The lowest BCUT2D eigenvalue weighted by Gasteiger charge is -2.61. The van der Waals surface area contributed by atoms with Gasteiger partial charge in [-0.05, 0) is 106 Å². The second kappa shape index (κ2) is 8.10. The smallest absolute Gasteiger partial charge is 0.138 e. The van der Waals surface area contributed by atoms with E-state index in [1.807, 2.05) is 0 Å².